The number of rotatable bonds is 4. The number of aromatic nitrogens is 1. The molecule has 0 aliphatic rings. The Morgan fingerprint density at radius 2 is 2.22 bits per heavy atom. The lowest BCUT2D eigenvalue weighted by Crippen LogP contribution is -2.29. The maximum Gasteiger partial charge on any atom is 0.0501 e. The van der Waals surface area contributed by atoms with Gasteiger partial charge >= 0.3 is 0 Å². The first-order chi connectivity index (χ1) is 8.70. The minimum Gasteiger partial charge on any atom is -0.271 e. The molecule has 18 heavy (non-hydrogen) atoms. The van der Waals surface area contributed by atoms with Gasteiger partial charge in [-0.05, 0) is 42.2 Å². The molecule has 2 rings (SSSR count). The van der Waals surface area contributed by atoms with Crippen molar-refractivity contribution in [2.45, 2.75) is 19.4 Å². The maximum atomic E-state index is 6.14. The number of hydrogen-bond acceptors (Lipinski definition) is 3. The highest BCUT2D eigenvalue weighted by molar-refractivity contribution is 6.31. The van der Waals surface area contributed by atoms with Gasteiger partial charge in [0.05, 0.1) is 6.04 Å². The summed E-state index contributed by atoms with van der Waals surface area (Å²) in [6.45, 7) is 1.98. The second-order valence-electron chi connectivity index (χ2n) is 4.29. The molecule has 1 aromatic carbocycles. The van der Waals surface area contributed by atoms with E-state index in [1.165, 1.54) is 0 Å². The highest BCUT2D eigenvalue weighted by Crippen LogP contribution is 2.23. The van der Waals surface area contributed by atoms with Crippen LogP contribution in [0.1, 0.15) is 22.7 Å². The van der Waals surface area contributed by atoms with Crippen molar-refractivity contribution in [3.8, 4) is 0 Å². The zero-order chi connectivity index (χ0) is 13.0. The predicted molar refractivity (Wildman–Crippen MR) is 74.2 cm³/mol. The Kier molecular flexibility index (Phi) is 4.31. The summed E-state index contributed by atoms with van der Waals surface area (Å²) in [5, 5.41) is 0.763. The van der Waals surface area contributed by atoms with Crippen LogP contribution in [0.25, 0.3) is 0 Å². The van der Waals surface area contributed by atoms with Crippen LogP contribution in [0.5, 0.6) is 0 Å². The Balaban J connectivity index is 2.20. The lowest BCUT2D eigenvalue weighted by Gasteiger charge is -2.17. The second-order valence-corrected chi connectivity index (χ2v) is 4.70. The molecule has 1 unspecified atom stereocenters. The molecule has 2 aromatic rings. The molecule has 94 valence electrons. The van der Waals surface area contributed by atoms with Crippen molar-refractivity contribution in [2.75, 3.05) is 0 Å². The molecule has 1 atom stereocenters. The summed E-state index contributed by atoms with van der Waals surface area (Å²) in [7, 11) is 0. The van der Waals surface area contributed by atoms with E-state index in [1.807, 2.05) is 43.5 Å². The van der Waals surface area contributed by atoms with Crippen LogP contribution in [0, 0.1) is 6.92 Å². The third kappa shape index (κ3) is 3.07. The molecular weight excluding hydrogens is 246 g/mol. The van der Waals surface area contributed by atoms with Gasteiger partial charge in [0, 0.05) is 17.4 Å². The fourth-order valence-corrected chi connectivity index (χ4v) is 2.04. The summed E-state index contributed by atoms with van der Waals surface area (Å²) >= 11 is 6.14. The van der Waals surface area contributed by atoms with Gasteiger partial charge in [0.25, 0.3) is 0 Å². The smallest absolute Gasteiger partial charge is 0.0501 e. The number of nitrogens with one attached hydrogen (secondary N) is 1. The third-order valence-corrected chi connectivity index (χ3v) is 3.37. The van der Waals surface area contributed by atoms with Crippen LogP contribution in [0.3, 0.4) is 0 Å². The molecule has 0 aliphatic carbocycles. The Hall–Kier alpha value is -1.42. The van der Waals surface area contributed by atoms with Crippen molar-refractivity contribution < 1.29 is 0 Å². The van der Waals surface area contributed by atoms with Gasteiger partial charge in [0.15, 0.2) is 0 Å². The summed E-state index contributed by atoms with van der Waals surface area (Å²) in [6, 6.07) is 10.00. The van der Waals surface area contributed by atoms with E-state index in [9.17, 15) is 0 Å². The van der Waals surface area contributed by atoms with E-state index in [0.717, 1.165) is 28.1 Å². The van der Waals surface area contributed by atoms with Gasteiger partial charge in [-0.3, -0.25) is 16.3 Å². The summed E-state index contributed by atoms with van der Waals surface area (Å²) in [6.07, 6.45) is 4.39. The third-order valence-electron chi connectivity index (χ3n) is 2.96. The standard InChI is InChI=1S/C14H16ClN3/c1-10-4-5-12(8-13(10)15)14(18-16)7-11-3-2-6-17-9-11/h2-6,8-9,14,18H,7,16H2,1H3. The first-order valence-electron chi connectivity index (χ1n) is 5.82. The topological polar surface area (TPSA) is 50.9 Å². The van der Waals surface area contributed by atoms with E-state index in [1.54, 1.807) is 6.20 Å². The van der Waals surface area contributed by atoms with Crippen LogP contribution in [-0.2, 0) is 6.42 Å². The van der Waals surface area contributed by atoms with Gasteiger partial charge in [0.1, 0.15) is 0 Å². The lowest BCUT2D eigenvalue weighted by molar-refractivity contribution is 0.551. The van der Waals surface area contributed by atoms with Crippen molar-refractivity contribution in [3.63, 3.8) is 0 Å². The van der Waals surface area contributed by atoms with E-state index in [0.29, 0.717) is 0 Å². The minimum atomic E-state index is 0.0345. The largest absolute Gasteiger partial charge is 0.271 e. The zero-order valence-electron chi connectivity index (χ0n) is 10.2. The monoisotopic (exact) mass is 261 g/mol. The van der Waals surface area contributed by atoms with Crippen molar-refractivity contribution in [1.82, 2.24) is 10.4 Å². The summed E-state index contributed by atoms with van der Waals surface area (Å²) < 4.78 is 0. The average Bonchev–Trinajstić information content (AvgIpc) is 2.40. The molecule has 3 nitrogen and oxygen atoms in total. The Labute approximate surface area is 112 Å². The Morgan fingerprint density at radius 3 is 2.83 bits per heavy atom. The second kappa shape index (κ2) is 5.96. The fraction of sp³-hybridized carbons (Fsp3) is 0.214. The Morgan fingerprint density at radius 1 is 1.39 bits per heavy atom. The van der Waals surface area contributed by atoms with E-state index >= 15 is 0 Å². The van der Waals surface area contributed by atoms with Gasteiger partial charge in [-0.1, -0.05) is 29.8 Å². The number of aryl methyl sites for hydroxylation is 1. The van der Waals surface area contributed by atoms with Crippen molar-refractivity contribution in [3.05, 3.63) is 64.4 Å². The average molecular weight is 262 g/mol. The van der Waals surface area contributed by atoms with E-state index in [4.69, 9.17) is 17.4 Å². The normalized spacial score (nSPS) is 12.4. The Bertz CT molecular complexity index is 514. The van der Waals surface area contributed by atoms with E-state index in [2.05, 4.69) is 10.4 Å². The molecule has 0 spiro atoms. The van der Waals surface area contributed by atoms with Crippen LogP contribution in [0.2, 0.25) is 5.02 Å². The quantitative estimate of drug-likeness (QED) is 0.657. The summed E-state index contributed by atoms with van der Waals surface area (Å²) in [5.41, 5.74) is 6.11. The SMILES string of the molecule is Cc1ccc(C(Cc2cccnc2)NN)cc1Cl. The molecule has 0 saturated carbocycles. The number of nitrogens with zero attached hydrogens (tertiary/aromatic N) is 1. The summed E-state index contributed by atoms with van der Waals surface area (Å²) in [5.74, 6) is 5.63. The van der Waals surface area contributed by atoms with Crippen LogP contribution in [0.4, 0.5) is 0 Å². The number of nitrogens with two attached hydrogens (primary N) is 1. The van der Waals surface area contributed by atoms with Crippen LogP contribution < -0.4 is 11.3 Å². The van der Waals surface area contributed by atoms with Gasteiger partial charge in [-0.25, -0.2) is 0 Å². The molecule has 0 radical (unpaired) electrons. The number of benzene rings is 1. The molecule has 1 aromatic heterocycles. The first kappa shape index (κ1) is 13.0. The number of hydrogen-bond donors (Lipinski definition) is 2. The predicted octanol–water partition coefficient (Wildman–Crippen LogP) is 2.79. The molecule has 0 fully saturated rings. The van der Waals surface area contributed by atoms with Crippen molar-refractivity contribution in [2.24, 2.45) is 5.84 Å². The van der Waals surface area contributed by atoms with Crippen LogP contribution >= 0.6 is 11.6 Å². The van der Waals surface area contributed by atoms with Gasteiger partial charge < -0.3 is 0 Å². The highest BCUT2D eigenvalue weighted by Gasteiger charge is 2.11. The molecule has 4 heteroatoms. The molecular formula is C14H16ClN3. The zero-order valence-corrected chi connectivity index (χ0v) is 11.0. The molecule has 1 heterocycles. The number of pyridine rings is 1. The summed E-state index contributed by atoms with van der Waals surface area (Å²) in [4.78, 5) is 4.10. The molecule has 0 saturated heterocycles. The van der Waals surface area contributed by atoms with Crippen LogP contribution in [-0.4, -0.2) is 4.98 Å². The van der Waals surface area contributed by atoms with Gasteiger partial charge in [0.2, 0.25) is 0 Å². The number of hydrazine groups is 1. The van der Waals surface area contributed by atoms with Gasteiger partial charge in [-0.2, -0.15) is 0 Å². The van der Waals surface area contributed by atoms with Crippen molar-refractivity contribution >= 4 is 11.6 Å². The van der Waals surface area contributed by atoms with E-state index < -0.39 is 0 Å². The van der Waals surface area contributed by atoms with E-state index in [-0.39, 0.29) is 6.04 Å². The molecule has 3 N–H and O–H groups in total. The fourth-order valence-electron chi connectivity index (χ4n) is 1.85. The molecule has 0 amide bonds. The van der Waals surface area contributed by atoms with Gasteiger partial charge in [-0.15, -0.1) is 0 Å². The number of halogens is 1. The minimum absolute atomic E-state index is 0.0345. The lowest BCUT2D eigenvalue weighted by atomic mass is 9.99. The first-order valence-corrected chi connectivity index (χ1v) is 6.19. The van der Waals surface area contributed by atoms with Crippen molar-refractivity contribution in [1.29, 1.82) is 0 Å². The van der Waals surface area contributed by atoms with Crippen LogP contribution in [0.15, 0.2) is 42.7 Å². The molecule has 0 bridgehead atoms. The maximum absolute atomic E-state index is 6.14. The highest BCUT2D eigenvalue weighted by atomic mass is 35.5. The molecule has 0 aliphatic heterocycles.